The number of carbonyl (C=O) groups excluding carboxylic acids is 3. The Hall–Kier alpha value is -2.90. The van der Waals surface area contributed by atoms with Crippen molar-refractivity contribution in [2.24, 2.45) is 5.41 Å². The number of amides is 3. The predicted octanol–water partition coefficient (Wildman–Crippen LogP) is 2.54. The lowest BCUT2D eigenvalue weighted by Gasteiger charge is -2.38. The first-order chi connectivity index (χ1) is 21.5. The zero-order chi connectivity index (χ0) is 32.1. The van der Waals surface area contributed by atoms with Crippen molar-refractivity contribution in [2.45, 2.75) is 103 Å². The molecule has 0 unspecified atom stereocenters. The topological polar surface area (TPSA) is 142 Å². The van der Waals surface area contributed by atoms with E-state index in [2.05, 4.69) is 20.9 Å². The lowest BCUT2D eigenvalue weighted by molar-refractivity contribution is -0.150. The van der Waals surface area contributed by atoms with Crippen LogP contribution in [0.15, 0.2) is 29.8 Å². The molecule has 1 aromatic heterocycles. The Labute approximate surface area is 269 Å². The van der Waals surface area contributed by atoms with Crippen LogP contribution in [0.2, 0.25) is 0 Å². The molecular weight excluding hydrogens is 594 g/mol. The average molecular weight is 642 g/mol. The number of hydrogen-bond acceptors (Lipinski definition) is 9. The van der Waals surface area contributed by atoms with Crippen LogP contribution >= 0.6 is 11.3 Å². The van der Waals surface area contributed by atoms with E-state index in [1.807, 2.05) is 57.5 Å². The summed E-state index contributed by atoms with van der Waals surface area (Å²) in [5.74, 6) is -1.12. The Kier molecular flexibility index (Phi) is 10.9. The van der Waals surface area contributed by atoms with Crippen molar-refractivity contribution in [3.05, 3.63) is 41.0 Å². The van der Waals surface area contributed by atoms with Gasteiger partial charge in [0.15, 0.2) is 0 Å². The number of aryl methyl sites for hydroxylation is 1. The quantitative estimate of drug-likeness (QED) is 0.293. The Morgan fingerprint density at radius 2 is 1.80 bits per heavy atom. The predicted molar refractivity (Wildman–Crippen MR) is 171 cm³/mol. The van der Waals surface area contributed by atoms with Crippen LogP contribution < -0.4 is 16.0 Å². The van der Waals surface area contributed by atoms with Crippen molar-refractivity contribution in [1.29, 1.82) is 0 Å². The first-order valence-electron chi connectivity index (χ1n) is 16.0. The normalized spacial score (nSPS) is 24.6. The molecule has 3 fully saturated rings. The Morgan fingerprint density at radius 3 is 2.44 bits per heavy atom. The fourth-order valence-electron chi connectivity index (χ4n) is 6.14. The number of thiazole rings is 1. The van der Waals surface area contributed by atoms with Crippen LogP contribution in [-0.4, -0.2) is 95.5 Å². The number of carbonyl (C=O) groups is 3. The largest absolute Gasteiger partial charge is 0.391 e. The Morgan fingerprint density at radius 1 is 1.09 bits per heavy atom. The molecule has 4 N–H and O–H groups in total. The first-order valence-corrected chi connectivity index (χ1v) is 16.9. The maximum absolute atomic E-state index is 13.8. The number of nitrogens with one attached hydrogen (secondary N) is 3. The number of hydrogen-bond donors (Lipinski definition) is 4. The molecule has 0 bridgehead atoms. The maximum atomic E-state index is 13.8. The summed E-state index contributed by atoms with van der Waals surface area (Å²) in [4.78, 5) is 46.9. The van der Waals surface area contributed by atoms with Crippen LogP contribution in [0.25, 0.3) is 10.4 Å². The molecule has 1 aliphatic carbocycles. The van der Waals surface area contributed by atoms with Gasteiger partial charge in [0.1, 0.15) is 18.7 Å². The molecule has 3 amide bonds. The second-order valence-electron chi connectivity index (χ2n) is 13.6. The highest BCUT2D eigenvalue weighted by Crippen LogP contribution is 2.30. The van der Waals surface area contributed by atoms with Crippen molar-refractivity contribution in [1.82, 2.24) is 25.8 Å². The average Bonchev–Trinajstić information content (AvgIpc) is 3.61. The lowest BCUT2D eigenvalue weighted by atomic mass is 9.85. The van der Waals surface area contributed by atoms with Gasteiger partial charge in [-0.2, -0.15) is 0 Å². The first kappa shape index (κ1) is 33.5. The van der Waals surface area contributed by atoms with Gasteiger partial charge in [-0.1, -0.05) is 45.0 Å². The van der Waals surface area contributed by atoms with Gasteiger partial charge in [0.25, 0.3) is 0 Å². The molecular formula is C33H47N5O6S. The summed E-state index contributed by atoms with van der Waals surface area (Å²) in [6.45, 7) is 9.70. The number of likely N-dealkylation sites (tertiary alicyclic amines) is 1. The van der Waals surface area contributed by atoms with E-state index in [0.29, 0.717) is 6.10 Å². The molecule has 45 heavy (non-hydrogen) atoms. The minimum Gasteiger partial charge on any atom is -0.391 e. The number of aromatic nitrogens is 1. The highest BCUT2D eigenvalue weighted by molar-refractivity contribution is 7.13. The highest BCUT2D eigenvalue weighted by Gasteiger charge is 2.44. The molecule has 1 aromatic carbocycles. The zero-order valence-corrected chi connectivity index (χ0v) is 27.5. The SMILES string of the molecule is Cc1ncsc1-c1ccc(CNC(=O)[C@@H]2C[C@@H](O)CN2C(=O)[C@@H](NC(=O)COC2CC(OC3CCNCC3)C2)C(C)(C)C)cc1. The summed E-state index contributed by atoms with van der Waals surface area (Å²) in [5, 5.41) is 19.6. The van der Waals surface area contributed by atoms with Crippen LogP contribution in [0.5, 0.6) is 0 Å². The van der Waals surface area contributed by atoms with E-state index in [1.165, 1.54) is 4.90 Å². The van der Waals surface area contributed by atoms with Crippen molar-refractivity contribution in [3.63, 3.8) is 0 Å². The van der Waals surface area contributed by atoms with Crippen molar-refractivity contribution in [2.75, 3.05) is 26.2 Å². The fourth-order valence-corrected chi connectivity index (χ4v) is 6.96. The van der Waals surface area contributed by atoms with E-state index in [9.17, 15) is 19.5 Å². The molecule has 1 saturated carbocycles. The molecule has 3 aliphatic rings. The lowest BCUT2D eigenvalue weighted by Crippen LogP contribution is -2.58. The summed E-state index contributed by atoms with van der Waals surface area (Å²) >= 11 is 1.59. The smallest absolute Gasteiger partial charge is 0.246 e. The van der Waals surface area contributed by atoms with Crippen LogP contribution in [0, 0.1) is 12.3 Å². The minimum absolute atomic E-state index is 0.0271. The summed E-state index contributed by atoms with van der Waals surface area (Å²) in [7, 11) is 0. The van der Waals surface area contributed by atoms with E-state index in [-0.39, 0.29) is 50.1 Å². The van der Waals surface area contributed by atoms with E-state index in [0.717, 1.165) is 60.5 Å². The maximum Gasteiger partial charge on any atom is 0.246 e. The van der Waals surface area contributed by atoms with E-state index in [4.69, 9.17) is 9.47 Å². The van der Waals surface area contributed by atoms with Gasteiger partial charge in [0.05, 0.1) is 40.5 Å². The molecule has 0 spiro atoms. The third-order valence-corrected chi connectivity index (χ3v) is 9.86. The van der Waals surface area contributed by atoms with E-state index >= 15 is 0 Å². The van der Waals surface area contributed by atoms with Gasteiger partial charge in [-0.3, -0.25) is 14.4 Å². The number of nitrogens with zero attached hydrogens (tertiary/aromatic N) is 2. The summed E-state index contributed by atoms with van der Waals surface area (Å²) in [6.07, 6.45) is 3.29. The molecule has 2 aliphatic heterocycles. The number of aliphatic hydroxyl groups excluding tert-OH is 1. The molecule has 11 nitrogen and oxygen atoms in total. The molecule has 12 heteroatoms. The number of ether oxygens (including phenoxy) is 2. The molecule has 2 saturated heterocycles. The number of aliphatic hydroxyl groups is 1. The molecule has 0 radical (unpaired) electrons. The van der Waals surface area contributed by atoms with Crippen molar-refractivity contribution >= 4 is 29.1 Å². The van der Waals surface area contributed by atoms with Gasteiger partial charge in [-0.15, -0.1) is 11.3 Å². The third-order valence-electron chi connectivity index (χ3n) is 8.88. The molecule has 5 rings (SSSR count). The Bertz CT molecular complexity index is 1320. The standard InChI is InChI=1S/C33H47N5O6S/c1-20-29(45-19-36-20)22-7-5-21(6-8-22)16-35-31(41)27-13-23(39)17-38(27)32(42)30(33(2,3)4)37-28(40)18-43-25-14-26(15-25)44-24-9-11-34-12-10-24/h5-8,19,23-27,30,34,39H,9-18H2,1-4H3,(H,35,41)(H,37,40)/t23-,25?,26?,27+,30-/m1/s1. The van der Waals surface area contributed by atoms with Crippen LogP contribution in [-0.2, 0) is 30.4 Å². The monoisotopic (exact) mass is 641 g/mol. The number of benzene rings is 1. The highest BCUT2D eigenvalue weighted by atomic mass is 32.1. The second kappa shape index (κ2) is 14.7. The van der Waals surface area contributed by atoms with Crippen molar-refractivity contribution in [3.8, 4) is 10.4 Å². The number of β-amino-alcohol motifs (C(OH)–C–C–N with tert-alkyl or cyclic N) is 1. The van der Waals surface area contributed by atoms with Crippen LogP contribution in [0.4, 0.5) is 0 Å². The number of piperidine rings is 1. The molecule has 3 heterocycles. The Balaban J connectivity index is 1.11. The van der Waals surface area contributed by atoms with E-state index < -0.39 is 29.5 Å². The molecule has 246 valence electrons. The van der Waals surface area contributed by atoms with Gasteiger partial charge in [0.2, 0.25) is 17.7 Å². The van der Waals surface area contributed by atoms with Gasteiger partial charge >= 0.3 is 0 Å². The summed E-state index contributed by atoms with van der Waals surface area (Å²) < 4.78 is 12.0. The van der Waals surface area contributed by atoms with Gasteiger partial charge in [-0.05, 0) is 62.2 Å². The van der Waals surface area contributed by atoms with Gasteiger partial charge in [-0.25, -0.2) is 4.98 Å². The molecule has 3 atom stereocenters. The third kappa shape index (κ3) is 8.68. The van der Waals surface area contributed by atoms with Crippen LogP contribution in [0.3, 0.4) is 0 Å². The summed E-state index contributed by atoms with van der Waals surface area (Å²) in [6, 6.07) is 6.19. The van der Waals surface area contributed by atoms with Gasteiger partial charge in [0, 0.05) is 19.5 Å². The van der Waals surface area contributed by atoms with Crippen molar-refractivity contribution < 1.29 is 29.0 Å². The van der Waals surface area contributed by atoms with Gasteiger partial charge < -0.3 is 35.4 Å². The van der Waals surface area contributed by atoms with Crippen LogP contribution in [0.1, 0.15) is 64.1 Å². The number of rotatable bonds is 11. The van der Waals surface area contributed by atoms with E-state index in [1.54, 1.807) is 11.3 Å². The second-order valence-corrected chi connectivity index (χ2v) is 14.4. The molecule has 2 aromatic rings. The zero-order valence-electron chi connectivity index (χ0n) is 26.7. The minimum atomic E-state index is -0.894. The summed E-state index contributed by atoms with van der Waals surface area (Å²) in [5.41, 5.74) is 4.15. The fraction of sp³-hybridized carbons (Fsp3) is 0.636.